The number of alkyl halides is 2. The van der Waals surface area contributed by atoms with Gasteiger partial charge in [0.15, 0.2) is 5.78 Å². The van der Waals surface area contributed by atoms with Crippen LogP contribution in [0.15, 0.2) is 22.6 Å². The second-order valence-electron chi connectivity index (χ2n) is 13.3. The number of imide groups is 1. The molecule has 1 heterocycles. The summed E-state index contributed by atoms with van der Waals surface area (Å²) in [6, 6.07) is -7.91. The molecule has 7 atom stereocenters. The zero-order valence-electron chi connectivity index (χ0n) is 29.1. The van der Waals surface area contributed by atoms with Crippen molar-refractivity contribution in [2.45, 2.75) is 106 Å². The number of nitrogens with two attached hydrogens (primary N) is 2. The fraction of sp³-hybridized carbons (Fsp3) is 0.645. The first-order valence-corrected chi connectivity index (χ1v) is 17.5. The lowest BCUT2D eigenvalue weighted by Gasteiger charge is -2.44. The van der Waals surface area contributed by atoms with Gasteiger partial charge in [-0.05, 0) is 18.3 Å². The van der Waals surface area contributed by atoms with E-state index in [1.54, 1.807) is 19.2 Å². The highest BCUT2D eigenvalue weighted by molar-refractivity contribution is 6.48. The number of nitrogens with zero attached hydrogens (tertiary/aromatic N) is 1. The molecule has 2 aliphatic rings. The van der Waals surface area contributed by atoms with Crippen molar-refractivity contribution in [1.29, 1.82) is 0 Å². The average molecular weight is 816 g/mol. The van der Waals surface area contributed by atoms with E-state index in [-0.39, 0.29) is 23.7 Å². The van der Waals surface area contributed by atoms with Gasteiger partial charge in [0, 0.05) is 36.9 Å². The Hall–Kier alpha value is -3.40. The van der Waals surface area contributed by atoms with E-state index in [9.17, 15) is 59.1 Å². The zero-order chi connectivity index (χ0) is 40.7. The number of carbonyl (C=O) groups excluding carboxylic acids is 6. The van der Waals surface area contributed by atoms with Gasteiger partial charge in [0.05, 0.1) is 12.1 Å². The van der Waals surface area contributed by atoms with Gasteiger partial charge in [-0.15, -0.1) is 23.2 Å². The van der Waals surface area contributed by atoms with Crippen LogP contribution in [-0.4, -0.2) is 131 Å². The predicted octanol–water partition coefficient (Wildman–Crippen LogP) is -2.44. The van der Waals surface area contributed by atoms with Crippen molar-refractivity contribution >= 4 is 76.1 Å². The first-order chi connectivity index (χ1) is 24.5. The van der Waals surface area contributed by atoms with Crippen LogP contribution < -0.4 is 27.4 Å². The molecule has 19 nitrogen and oxygen atoms in total. The van der Waals surface area contributed by atoms with Gasteiger partial charge in [0.25, 0.3) is 23.6 Å². The molecule has 0 fully saturated rings. The Balaban J connectivity index is 3.09. The number of carbonyl (C=O) groups is 7. The number of hydrogen-bond acceptors (Lipinski definition) is 14. The summed E-state index contributed by atoms with van der Waals surface area (Å²) in [4.78, 5) is 94.3. The van der Waals surface area contributed by atoms with Crippen molar-refractivity contribution in [3.8, 4) is 0 Å². The Bertz CT molecular complexity index is 1510. The lowest BCUT2D eigenvalue weighted by atomic mass is 9.91. The summed E-state index contributed by atoms with van der Waals surface area (Å²) in [5.74, 6) is -11.2. The number of rotatable bonds is 13. The van der Waals surface area contributed by atoms with E-state index in [0.29, 0.717) is 10.4 Å². The zero-order valence-corrected chi connectivity index (χ0v) is 31.4. The van der Waals surface area contributed by atoms with Gasteiger partial charge >= 0.3 is 5.97 Å². The number of aliphatic hydroxyl groups is 4. The summed E-state index contributed by atoms with van der Waals surface area (Å²) in [6.07, 6.45) is -10.6. The number of aliphatic hydroxyl groups excluding tert-OH is 3. The maximum atomic E-state index is 14.5. The van der Waals surface area contributed by atoms with Crippen LogP contribution >= 0.6 is 34.8 Å². The minimum absolute atomic E-state index is 0.0881. The third-order valence-electron chi connectivity index (χ3n) is 8.27. The molecule has 1 aliphatic carbocycles. The molecule has 0 saturated heterocycles. The summed E-state index contributed by atoms with van der Waals surface area (Å²) in [6.45, 7) is 5.80. The Morgan fingerprint density at radius 1 is 1.08 bits per heavy atom. The number of Topliss-reactive ketones (excluding diaryl/α,β-unsaturated/α-hetero) is 1. The Morgan fingerprint density at radius 2 is 1.68 bits per heavy atom. The summed E-state index contributed by atoms with van der Waals surface area (Å²) in [5, 5.41) is 56.8. The molecule has 0 aromatic rings. The number of hydrogen-bond donors (Lipinski definition) is 10. The van der Waals surface area contributed by atoms with Crippen molar-refractivity contribution < 1.29 is 63.8 Å². The lowest BCUT2D eigenvalue weighted by molar-refractivity contribution is -0.163. The number of ether oxygens (including phenoxy) is 1. The van der Waals surface area contributed by atoms with Gasteiger partial charge in [0.1, 0.15) is 46.1 Å². The van der Waals surface area contributed by atoms with Crippen LogP contribution in [0.1, 0.15) is 53.4 Å². The maximum Gasteiger partial charge on any atom is 0.326 e. The third-order valence-corrected chi connectivity index (χ3v) is 9.11. The van der Waals surface area contributed by atoms with Crippen molar-refractivity contribution in [2.24, 2.45) is 23.3 Å². The maximum absolute atomic E-state index is 14.5. The molecule has 0 bridgehead atoms. The molecule has 0 saturated carbocycles. The van der Waals surface area contributed by atoms with E-state index < -0.39 is 132 Å². The number of amides is 5. The molecule has 22 heteroatoms. The van der Waals surface area contributed by atoms with Crippen molar-refractivity contribution in [1.82, 2.24) is 20.9 Å². The van der Waals surface area contributed by atoms with Gasteiger partial charge in [-0.25, -0.2) is 4.79 Å². The SMILES string of the molecule is CC(C)C[C@H](N)C(=O)N([C@@H]1C(=O)N/C(=C\Cl)C(=O)N[C@H](C(=O)O)CC2=C(CC(O)C2=O)OC1C(C)C)[C@H](C(=O)NC(=O)C(O)O)[C@H](O)CC(Cl)(Cl)CN. The van der Waals surface area contributed by atoms with Crippen molar-refractivity contribution in [3.05, 3.63) is 22.6 Å². The fourth-order valence-corrected chi connectivity index (χ4v) is 6.17. The quantitative estimate of drug-likeness (QED) is 0.0525. The molecule has 0 aromatic heterocycles. The normalized spacial score (nSPS) is 24.1. The summed E-state index contributed by atoms with van der Waals surface area (Å²) >= 11 is 18.3. The van der Waals surface area contributed by atoms with Crippen LogP contribution in [0, 0.1) is 11.8 Å². The number of nitrogens with one attached hydrogen (secondary N) is 3. The smallest absolute Gasteiger partial charge is 0.326 e. The summed E-state index contributed by atoms with van der Waals surface area (Å²) < 4.78 is 4.22. The number of carboxylic acids is 1. The molecule has 0 radical (unpaired) electrons. The second-order valence-corrected chi connectivity index (χ2v) is 15.2. The molecule has 2 rings (SSSR count). The Labute approximate surface area is 319 Å². The summed E-state index contributed by atoms with van der Waals surface area (Å²) in [7, 11) is 0. The van der Waals surface area contributed by atoms with Crippen LogP contribution in [0.5, 0.6) is 0 Å². The highest BCUT2D eigenvalue weighted by atomic mass is 35.5. The van der Waals surface area contributed by atoms with Gasteiger partial charge in [-0.3, -0.25) is 34.1 Å². The molecular formula is C31H45Cl3N6O13. The topological polar surface area (TPSA) is 321 Å². The van der Waals surface area contributed by atoms with Crippen LogP contribution in [0.25, 0.3) is 0 Å². The number of halogens is 3. The second kappa shape index (κ2) is 19.3. The van der Waals surface area contributed by atoms with Crippen LogP contribution in [0.4, 0.5) is 0 Å². The van der Waals surface area contributed by atoms with Gasteiger partial charge in [-0.1, -0.05) is 39.3 Å². The standard InChI is InChI=1S/C31H45Cl3N6O13/c1-11(2)5-14(36)28(48)40(20(18(42)8-31(33,34)10-35)25(45)39-27(47)30(51)52)21-23(12(3)4)53-19-7-17(41)22(43)13(19)6-15(29(49)50)37-24(44)16(9-32)38-26(21)46/h9,11-12,14-15,17-18,20-21,23,30,41-42,51-52H,5-8,10,35-36H2,1-4H3,(H,37,44)(H,38,46)(H,49,50)(H,39,45,47)/b16-9-/t14-,15-,17?,18+,20-,21-,23?/m0/s1. The van der Waals surface area contributed by atoms with Crippen LogP contribution in [0.2, 0.25) is 0 Å². The Kier molecular flexibility index (Phi) is 16.6. The molecule has 298 valence electrons. The van der Waals surface area contributed by atoms with E-state index in [4.69, 9.17) is 51.0 Å². The molecule has 53 heavy (non-hydrogen) atoms. The minimum atomic E-state index is -2.77. The first-order valence-electron chi connectivity index (χ1n) is 16.3. The molecule has 0 aromatic carbocycles. The van der Waals surface area contributed by atoms with E-state index >= 15 is 0 Å². The number of carboxylic acid groups (broad SMARTS) is 1. The first kappa shape index (κ1) is 45.8. The third kappa shape index (κ3) is 11.8. The van der Waals surface area contributed by atoms with Crippen LogP contribution in [-0.2, 0) is 38.3 Å². The van der Waals surface area contributed by atoms with Gasteiger partial charge < -0.3 is 57.3 Å². The monoisotopic (exact) mass is 814 g/mol. The molecule has 0 spiro atoms. The van der Waals surface area contributed by atoms with Crippen molar-refractivity contribution in [3.63, 3.8) is 0 Å². The minimum Gasteiger partial charge on any atom is -0.491 e. The predicted molar refractivity (Wildman–Crippen MR) is 186 cm³/mol. The van der Waals surface area contributed by atoms with E-state index in [1.165, 1.54) is 13.8 Å². The average Bonchev–Trinajstić information content (AvgIpc) is 3.31. The molecular weight excluding hydrogens is 771 g/mol. The molecule has 2 unspecified atom stereocenters. The van der Waals surface area contributed by atoms with Crippen molar-refractivity contribution in [2.75, 3.05) is 6.54 Å². The van der Waals surface area contributed by atoms with E-state index in [1.807, 2.05) is 0 Å². The number of aliphatic carboxylic acids is 1. The number of ketones is 1. The highest BCUT2D eigenvalue weighted by Crippen LogP contribution is 2.35. The van der Waals surface area contributed by atoms with Gasteiger partial charge in [-0.2, -0.15) is 0 Å². The van der Waals surface area contributed by atoms with Crippen LogP contribution in [0.3, 0.4) is 0 Å². The molecule has 12 N–H and O–H groups in total. The van der Waals surface area contributed by atoms with E-state index in [2.05, 4.69) is 10.6 Å². The molecule has 1 aliphatic heterocycles. The Morgan fingerprint density at radius 3 is 2.17 bits per heavy atom. The lowest BCUT2D eigenvalue weighted by Crippen LogP contribution is -2.69. The largest absolute Gasteiger partial charge is 0.491 e. The van der Waals surface area contributed by atoms with Gasteiger partial charge in [0.2, 0.25) is 12.2 Å². The summed E-state index contributed by atoms with van der Waals surface area (Å²) in [5.41, 5.74) is 11.3. The van der Waals surface area contributed by atoms with E-state index in [0.717, 1.165) is 0 Å². The highest BCUT2D eigenvalue weighted by Gasteiger charge is 2.51. The fourth-order valence-electron chi connectivity index (χ4n) is 5.70. The molecule has 5 amide bonds.